The number of rotatable bonds is 44. The summed E-state index contributed by atoms with van der Waals surface area (Å²) in [6.07, 6.45) is 64.7. The van der Waals surface area contributed by atoms with Crippen LogP contribution in [0.4, 0.5) is 0 Å². The second-order valence-electron chi connectivity index (χ2n) is 16.8. The number of unbranched alkanes of at least 4 members (excludes halogenated alkanes) is 16. The zero-order valence-corrected chi connectivity index (χ0v) is 40.2. The first-order chi connectivity index (χ1) is 30.5. The molecule has 0 aromatic carbocycles. The van der Waals surface area contributed by atoms with Crippen molar-refractivity contribution in [3.8, 4) is 0 Å². The van der Waals surface area contributed by atoms with Crippen LogP contribution in [-0.2, 0) is 14.3 Å². The highest BCUT2D eigenvalue weighted by atomic mass is 16.5. The van der Waals surface area contributed by atoms with E-state index in [1.54, 1.807) is 0 Å². The molecule has 3 atom stereocenters. The molecule has 0 radical (unpaired) electrons. The highest BCUT2D eigenvalue weighted by Crippen LogP contribution is 2.16. The zero-order valence-electron chi connectivity index (χ0n) is 40.2. The molecule has 354 valence electrons. The first-order valence-corrected chi connectivity index (χ1v) is 25.5. The smallest absolute Gasteiger partial charge is 0.306 e. The maximum Gasteiger partial charge on any atom is 0.306 e. The van der Waals surface area contributed by atoms with Gasteiger partial charge in [0.2, 0.25) is 5.91 Å². The minimum absolute atomic E-state index is 0.0213. The standard InChI is InChI=1S/C56H95NO5/c1-4-7-10-13-16-19-22-24-26-27-28-29-30-32-34-37-40-43-46-49-56(61)62-52(47-44-41-38-35-33-31-25-23-20-17-14-11-8-5-2)50-55(60)57-53(51-58)54(59)48-45-42-39-36-21-18-15-12-9-6-3/h8,11,16-17,19-20,24-26,28-29,31-32,34-35,38,52-54,58-59H,4-7,9-10,12-15,18,21-23,27,30,33,36-37,39-51H2,1-3H3,(H,57,60)/b11-8+,19-16-,20-17+,26-24-,29-28-,31-25+,34-32-,38-35+. The molecule has 0 fully saturated rings. The molecule has 0 saturated carbocycles. The SMILES string of the molecule is CC/C=C/C/C=C/C/C=C/C/C=C/CCCC(CC(=O)NC(CO)C(O)CCCCCCCCCCCC)OC(=O)CCCCC/C=C\C/C=C\C/C=C\C/C=C\CCCCC. The monoisotopic (exact) mass is 862 g/mol. The third-order valence-corrected chi connectivity index (χ3v) is 10.9. The number of aliphatic hydroxyl groups is 2. The molecule has 6 heteroatoms. The Morgan fingerprint density at radius 3 is 1.37 bits per heavy atom. The lowest BCUT2D eigenvalue weighted by Crippen LogP contribution is -2.46. The number of nitrogens with one attached hydrogen (secondary N) is 1. The fourth-order valence-corrected chi connectivity index (χ4v) is 7.06. The molecule has 0 aliphatic rings. The lowest BCUT2D eigenvalue weighted by atomic mass is 10.0. The Labute approximate surface area is 382 Å². The van der Waals surface area contributed by atoms with E-state index in [1.807, 2.05) is 0 Å². The van der Waals surface area contributed by atoms with Crippen LogP contribution in [0.1, 0.15) is 220 Å². The van der Waals surface area contributed by atoms with E-state index >= 15 is 0 Å². The Morgan fingerprint density at radius 2 is 0.887 bits per heavy atom. The molecule has 3 unspecified atom stereocenters. The van der Waals surface area contributed by atoms with E-state index in [9.17, 15) is 19.8 Å². The molecule has 0 spiro atoms. The van der Waals surface area contributed by atoms with Crippen molar-refractivity contribution in [1.29, 1.82) is 0 Å². The Bertz CT molecular complexity index is 1240. The average molecular weight is 862 g/mol. The number of allylic oxidation sites excluding steroid dienone is 16. The van der Waals surface area contributed by atoms with E-state index in [1.165, 1.54) is 70.6 Å². The first kappa shape index (κ1) is 58.8. The zero-order chi connectivity index (χ0) is 45.2. The van der Waals surface area contributed by atoms with Gasteiger partial charge in [0, 0.05) is 6.42 Å². The molecule has 0 rings (SSSR count). The van der Waals surface area contributed by atoms with Gasteiger partial charge in [-0.25, -0.2) is 0 Å². The number of carbonyl (C=O) groups excluding carboxylic acids is 2. The largest absolute Gasteiger partial charge is 0.462 e. The third kappa shape index (κ3) is 43.4. The first-order valence-electron chi connectivity index (χ1n) is 25.5. The number of amides is 1. The predicted molar refractivity (Wildman–Crippen MR) is 268 cm³/mol. The number of carbonyl (C=O) groups is 2. The Morgan fingerprint density at radius 1 is 0.484 bits per heavy atom. The van der Waals surface area contributed by atoms with Crippen molar-refractivity contribution in [2.24, 2.45) is 0 Å². The van der Waals surface area contributed by atoms with Gasteiger partial charge in [0.25, 0.3) is 0 Å². The number of ether oxygens (including phenoxy) is 1. The van der Waals surface area contributed by atoms with Gasteiger partial charge in [0.15, 0.2) is 0 Å². The van der Waals surface area contributed by atoms with Crippen LogP contribution in [0.2, 0.25) is 0 Å². The second kappa shape index (κ2) is 48.8. The van der Waals surface area contributed by atoms with E-state index in [4.69, 9.17) is 4.74 Å². The average Bonchev–Trinajstić information content (AvgIpc) is 3.26. The van der Waals surface area contributed by atoms with Crippen molar-refractivity contribution in [2.75, 3.05) is 6.61 Å². The van der Waals surface area contributed by atoms with Gasteiger partial charge in [-0.15, -0.1) is 0 Å². The van der Waals surface area contributed by atoms with Crippen LogP contribution in [0.5, 0.6) is 0 Å². The van der Waals surface area contributed by atoms with Crippen LogP contribution in [0, 0.1) is 0 Å². The van der Waals surface area contributed by atoms with Crippen molar-refractivity contribution >= 4 is 11.9 Å². The summed E-state index contributed by atoms with van der Waals surface area (Å²) in [5.74, 6) is -0.574. The van der Waals surface area contributed by atoms with Crippen molar-refractivity contribution in [3.05, 3.63) is 97.2 Å². The van der Waals surface area contributed by atoms with Crippen LogP contribution in [0.3, 0.4) is 0 Å². The van der Waals surface area contributed by atoms with Gasteiger partial charge in [-0.1, -0.05) is 201 Å². The summed E-state index contributed by atoms with van der Waals surface area (Å²) in [6, 6.07) is -0.730. The number of esters is 1. The molecule has 0 heterocycles. The van der Waals surface area contributed by atoms with Crippen LogP contribution in [0.25, 0.3) is 0 Å². The maximum absolute atomic E-state index is 13.2. The van der Waals surface area contributed by atoms with E-state index in [0.29, 0.717) is 19.3 Å². The third-order valence-electron chi connectivity index (χ3n) is 10.9. The van der Waals surface area contributed by atoms with Gasteiger partial charge in [-0.3, -0.25) is 9.59 Å². The van der Waals surface area contributed by atoms with Crippen LogP contribution < -0.4 is 5.32 Å². The molecule has 3 N–H and O–H groups in total. The fraction of sp³-hybridized carbons (Fsp3) is 0.679. The van der Waals surface area contributed by atoms with Crippen molar-refractivity contribution < 1.29 is 24.5 Å². The summed E-state index contributed by atoms with van der Waals surface area (Å²) < 4.78 is 5.89. The van der Waals surface area contributed by atoms with E-state index in [-0.39, 0.29) is 24.9 Å². The quantitative estimate of drug-likeness (QED) is 0.0322. The fourth-order valence-electron chi connectivity index (χ4n) is 7.06. The maximum atomic E-state index is 13.2. The number of aliphatic hydroxyl groups excluding tert-OH is 2. The summed E-state index contributed by atoms with van der Waals surface area (Å²) >= 11 is 0. The summed E-state index contributed by atoms with van der Waals surface area (Å²) in [5.41, 5.74) is 0. The molecule has 0 aromatic rings. The molecule has 0 aromatic heterocycles. The highest BCUT2D eigenvalue weighted by molar-refractivity contribution is 5.77. The molecule has 1 amide bonds. The highest BCUT2D eigenvalue weighted by Gasteiger charge is 2.24. The predicted octanol–water partition coefficient (Wildman–Crippen LogP) is 15.3. The molecule has 0 aliphatic heterocycles. The Kier molecular flexibility index (Phi) is 46.3. The van der Waals surface area contributed by atoms with E-state index in [2.05, 4.69) is 123 Å². The normalized spacial score (nSPS) is 14.1. The van der Waals surface area contributed by atoms with Gasteiger partial charge in [0.05, 0.1) is 25.2 Å². The van der Waals surface area contributed by atoms with Gasteiger partial charge in [0.1, 0.15) is 6.10 Å². The minimum atomic E-state index is -0.812. The van der Waals surface area contributed by atoms with E-state index in [0.717, 1.165) is 103 Å². The molecular weight excluding hydrogens is 767 g/mol. The van der Waals surface area contributed by atoms with Crippen LogP contribution in [-0.4, -0.2) is 46.9 Å². The van der Waals surface area contributed by atoms with Crippen molar-refractivity contribution in [3.63, 3.8) is 0 Å². The summed E-state index contributed by atoms with van der Waals surface area (Å²) in [6.45, 7) is 6.29. The Balaban J connectivity index is 4.73. The summed E-state index contributed by atoms with van der Waals surface area (Å²) in [7, 11) is 0. The summed E-state index contributed by atoms with van der Waals surface area (Å²) in [4.78, 5) is 26.1. The Hall–Kier alpha value is -3.22. The molecule has 0 aliphatic carbocycles. The minimum Gasteiger partial charge on any atom is -0.462 e. The second-order valence-corrected chi connectivity index (χ2v) is 16.8. The molecule has 6 nitrogen and oxygen atoms in total. The van der Waals surface area contributed by atoms with Crippen LogP contribution in [0.15, 0.2) is 97.2 Å². The van der Waals surface area contributed by atoms with Gasteiger partial charge >= 0.3 is 5.97 Å². The number of hydrogen-bond acceptors (Lipinski definition) is 5. The molecule has 62 heavy (non-hydrogen) atoms. The van der Waals surface area contributed by atoms with Gasteiger partial charge in [-0.2, -0.15) is 0 Å². The van der Waals surface area contributed by atoms with Crippen molar-refractivity contribution in [2.45, 2.75) is 238 Å². The molecule has 0 bridgehead atoms. The lowest BCUT2D eigenvalue weighted by Gasteiger charge is -2.24. The summed E-state index contributed by atoms with van der Waals surface area (Å²) in [5, 5.41) is 23.7. The van der Waals surface area contributed by atoms with Crippen LogP contribution >= 0.6 is 0 Å². The number of hydrogen-bond donors (Lipinski definition) is 3. The molecule has 0 saturated heterocycles. The van der Waals surface area contributed by atoms with Gasteiger partial charge in [-0.05, 0) is 103 Å². The lowest BCUT2D eigenvalue weighted by molar-refractivity contribution is -0.151. The van der Waals surface area contributed by atoms with E-state index < -0.39 is 18.2 Å². The topological polar surface area (TPSA) is 95.9 Å². The van der Waals surface area contributed by atoms with Crippen molar-refractivity contribution in [1.82, 2.24) is 5.32 Å². The molecular formula is C56H95NO5. The van der Waals surface area contributed by atoms with Gasteiger partial charge < -0.3 is 20.3 Å².